The highest BCUT2D eigenvalue weighted by atomic mass is 79.9. The van der Waals surface area contributed by atoms with Crippen LogP contribution >= 0.6 is 15.9 Å². The molecule has 0 radical (unpaired) electrons. The van der Waals surface area contributed by atoms with Crippen molar-refractivity contribution < 1.29 is 0 Å². The first-order valence-electron chi connectivity index (χ1n) is 6.37. The highest BCUT2D eigenvalue weighted by molar-refractivity contribution is 9.10. The van der Waals surface area contributed by atoms with Crippen LogP contribution in [0, 0.1) is 5.92 Å². The maximum Gasteiger partial charge on any atom is 0.0425 e. The topological polar surface area (TPSA) is 29.3 Å². The first-order chi connectivity index (χ1) is 8.11. The molecule has 2 N–H and O–H groups in total. The summed E-state index contributed by atoms with van der Waals surface area (Å²) in [6.07, 6.45) is 2.65. The maximum atomic E-state index is 5.85. The molecule has 0 bridgehead atoms. The zero-order valence-corrected chi connectivity index (χ0v) is 12.2. The molecule has 0 aliphatic heterocycles. The molecule has 1 aliphatic rings. The van der Waals surface area contributed by atoms with E-state index in [4.69, 9.17) is 5.73 Å². The average molecular weight is 297 g/mol. The number of hydrogen-bond donors (Lipinski definition) is 1. The maximum absolute atomic E-state index is 5.85. The van der Waals surface area contributed by atoms with Gasteiger partial charge in [0.25, 0.3) is 0 Å². The van der Waals surface area contributed by atoms with Crippen LogP contribution in [0.5, 0.6) is 0 Å². The van der Waals surface area contributed by atoms with Gasteiger partial charge in [-0.1, -0.05) is 35.8 Å². The van der Waals surface area contributed by atoms with Gasteiger partial charge in [-0.05, 0) is 36.5 Å². The van der Waals surface area contributed by atoms with Crippen LogP contribution in [0.15, 0.2) is 22.7 Å². The van der Waals surface area contributed by atoms with Gasteiger partial charge in [-0.3, -0.25) is 0 Å². The van der Waals surface area contributed by atoms with Crippen molar-refractivity contribution >= 4 is 21.6 Å². The minimum Gasteiger partial charge on any atom is -0.368 e. The molecule has 1 aromatic rings. The van der Waals surface area contributed by atoms with Crippen molar-refractivity contribution in [2.75, 3.05) is 11.4 Å². The van der Waals surface area contributed by atoms with Gasteiger partial charge >= 0.3 is 0 Å². The first-order valence-corrected chi connectivity index (χ1v) is 7.16. The summed E-state index contributed by atoms with van der Waals surface area (Å²) < 4.78 is 1.14. The SMILES string of the molecule is CC(C)CN(c1cc(Br)ccc1CN)C1CC1. The Morgan fingerprint density at radius 1 is 1.41 bits per heavy atom. The van der Waals surface area contributed by atoms with Crippen molar-refractivity contribution in [3.05, 3.63) is 28.2 Å². The van der Waals surface area contributed by atoms with Gasteiger partial charge in [0.2, 0.25) is 0 Å². The summed E-state index contributed by atoms with van der Waals surface area (Å²) >= 11 is 3.56. The molecular formula is C14H21BrN2. The normalized spacial score (nSPS) is 15.4. The van der Waals surface area contributed by atoms with Crippen LogP contribution in [0.4, 0.5) is 5.69 Å². The molecule has 2 nitrogen and oxygen atoms in total. The van der Waals surface area contributed by atoms with Crippen LogP contribution < -0.4 is 10.6 Å². The second kappa shape index (κ2) is 5.40. The van der Waals surface area contributed by atoms with Crippen molar-refractivity contribution in [3.63, 3.8) is 0 Å². The molecule has 2 rings (SSSR count). The Labute approximate surface area is 112 Å². The third-order valence-electron chi connectivity index (χ3n) is 3.13. The Morgan fingerprint density at radius 2 is 2.12 bits per heavy atom. The van der Waals surface area contributed by atoms with E-state index in [1.165, 1.54) is 24.1 Å². The lowest BCUT2D eigenvalue weighted by Crippen LogP contribution is -2.31. The van der Waals surface area contributed by atoms with Gasteiger partial charge in [-0.2, -0.15) is 0 Å². The van der Waals surface area contributed by atoms with E-state index in [-0.39, 0.29) is 0 Å². The molecule has 0 saturated heterocycles. The number of hydrogen-bond acceptors (Lipinski definition) is 2. The second-order valence-electron chi connectivity index (χ2n) is 5.25. The molecule has 1 saturated carbocycles. The highest BCUT2D eigenvalue weighted by Crippen LogP contribution is 2.35. The molecule has 17 heavy (non-hydrogen) atoms. The zero-order chi connectivity index (χ0) is 12.4. The number of benzene rings is 1. The molecule has 0 amide bonds. The standard InChI is InChI=1S/C14H21BrN2/c1-10(2)9-17(13-5-6-13)14-7-12(15)4-3-11(14)8-16/h3-4,7,10,13H,5-6,8-9,16H2,1-2H3. The zero-order valence-electron chi connectivity index (χ0n) is 10.6. The molecule has 0 heterocycles. The Hall–Kier alpha value is -0.540. The third-order valence-corrected chi connectivity index (χ3v) is 3.62. The summed E-state index contributed by atoms with van der Waals surface area (Å²) in [4.78, 5) is 2.54. The number of nitrogens with two attached hydrogens (primary N) is 1. The van der Waals surface area contributed by atoms with Gasteiger partial charge in [-0.25, -0.2) is 0 Å². The van der Waals surface area contributed by atoms with Crippen molar-refractivity contribution in [1.82, 2.24) is 0 Å². The fraction of sp³-hybridized carbons (Fsp3) is 0.571. The van der Waals surface area contributed by atoms with E-state index < -0.39 is 0 Å². The second-order valence-corrected chi connectivity index (χ2v) is 6.17. The van der Waals surface area contributed by atoms with Crippen LogP contribution in [0.2, 0.25) is 0 Å². The van der Waals surface area contributed by atoms with Crippen LogP contribution in [0.3, 0.4) is 0 Å². The lowest BCUT2D eigenvalue weighted by molar-refractivity contribution is 0.605. The van der Waals surface area contributed by atoms with Crippen LogP contribution in [-0.4, -0.2) is 12.6 Å². The number of halogens is 1. The van der Waals surface area contributed by atoms with E-state index >= 15 is 0 Å². The molecule has 1 fully saturated rings. The Kier molecular flexibility index (Phi) is 4.10. The third kappa shape index (κ3) is 3.23. The summed E-state index contributed by atoms with van der Waals surface area (Å²) in [7, 11) is 0. The van der Waals surface area contributed by atoms with Gasteiger partial charge in [0, 0.05) is 29.3 Å². The lowest BCUT2D eigenvalue weighted by atomic mass is 10.1. The smallest absolute Gasteiger partial charge is 0.0425 e. The van der Waals surface area contributed by atoms with Crippen LogP contribution in [-0.2, 0) is 6.54 Å². The molecule has 1 aliphatic carbocycles. The van der Waals surface area contributed by atoms with E-state index in [9.17, 15) is 0 Å². The van der Waals surface area contributed by atoms with Gasteiger partial charge in [0.1, 0.15) is 0 Å². The molecular weight excluding hydrogens is 276 g/mol. The molecule has 1 aromatic carbocycles. The van der Waals surface area contributed by atoms with Crippen LogP contribution in [0.1, 0.15) is 32.3 Å². The summed E-state index contributed by atoms with van der Waals surface area (Å²) in [6, 6.07) is 7.15. The largest absolute Gasteiger partial charge is 0.368 e. The number of rotatable bonds is 5. The predicted molar refractivity (Wildman–Crippen MR) is 77.2 cm³/mol. The summed E-state index contributed by atoms with van der Waals surface area (Å²) in [6.45, 7) is 6.28. The molecule has 94 valence electrons. The van der Waals surface area contributed by atoms with Crippen molar-refractivity contribution in [3.8, 4) is 0 Å². The predicted octanol–water partition coefficient (Wildman–Crippen LogP) is 3.53. The summed E-state index contributed by atoms with van der Waals surface area (Å²) in [5.74, 6) is 0.681. The van der Waals surface area contributed by atoms with Gasteiger partial charge in [0.05, 0.1) is 0 Å². The monoisotopic (exact) mass is 296 g/mol. The van der Waals surface area contributed by atoms with Crippen molar-refractivity contribution in [2.45, 2.75) is 39.3 Å². The van der Waals surface area contributed by atoms with Crippen LogP contribution in [0.25, 0.3) is 0 Å². The van der Waals surface area contributed by atoms with E-state index in [0.717, 1.165) is 17.1 Å². The molecule has 3 heteroatoms. The van der Waals surface area contributed by atoms with Gasteiger partial charge in [-0.15, -0.1) is 0 Å². The van der Waals surface area contributed by atoms with E-state index in [0.29, 0.717) is 12.5 Å². The quantitative estimate of drug-likeness (QED) is 0.901. The van der Waals surface area contributed by atoms with Gasteiger partial charge < -0.3 is 10.6 Å². The van der Waals surface area contributed by atoms with E-state index in [2.05, 4.69) is 52.9 Å². The summed E-state index contributed by atoms with van der Waals surface area (Å²) in [5, 5.41) is 0. The lowest BCUT2D eigenvalue weighted by Gasteiger charge is -2.29. The molecule has 0 aromatic heterocycles. The minimum absolute atomic E-state index is 0.615. The minimum atomic E-state index is 0.615. The molecule has 0 atom stereocenters. The Bertz CT molecular complexity index is 386. The van der Waals surface area contributed by atoms with Crippen molar-refractivity contribution in [1.29, 1.82) is 0 Å². The number of nitrogens with zero attached hydrogens (tertiary/aromatic N) is 1. The summed E-state index contributed by atoms with van der Waals surface area (Å²) in [5.41, 5.74) is 8.42. The fourth-order valence-electron chi connectivity index (χ4n) is 2.20. The Morgan fingerprint density at radius 3 is 2.65 bits per heavy atom. The first kappa shape index (κ1) is 12.9. The van der Waals surface area contributed by atoms with Crippen molar-refractivity contribution in [2.24, 2.45) is 11.7 Å². The number of anilines is 1. The van der Waals surface area contributed by atoms with E-state index in [1.54, 1.807) is 0 Å². The molecule has 0 spiro atoms. The Balaban J connectivity index is 2.30. The van der Waals surface area contributed by atoms with Gasteiger partial charge in [0.15, 0.2) is 0 Å². The van der Waals surface area contributed by atoms with E-state index in [1.807, 2.05) is 0 Å². The highest BCUT2D eigenvalue weighted by Gasteiger charge is 2.30. The average Bonchev–Trinajstić information content (AvgIpc) is 3.09. The molecule has 0 unspecified atom stereocenters. The fourth-order valence-corrected chi connectivity index (χ4v) is 2.55.